The molecule has 5 nitrogen and oxygen atoms in total. The number of rotatable bonds is 3. The maximum Gasteiger partial charge on any atom is 0.274 e. The molecule has 0 saturated carbocycles. The molecule has 1 atom stereocenters. The fourth-order valence-electron chi connectivity index (χ4n) is 2.66. The maximum atomic E-state index is 12.5. The highest BCUT2D eigenvalue weighted by Gasteiger charge is 2.29. The van der Waals surface area contributed by atoms with Crippen LogP contribution >= 0.6 is 0 Å². The third-order valence-electron chi connectivity index (χ3n) is 3.74. The van der Waals surface area contributed by atoms with Crippen LogP contribution in [0.25, 0.3) is 5.69 Å². The van der Waals surface area contributed by atoms with Gasteiger partial charge in [0.25, 0.3) is 5.91 Å². The molecule has 0 bridgehead atoms. The lowest BCUT2D eigenvalue weighted by molar-refractivity contribution is 0.0735. The number of carbonyl (C=O) groups is 1. The van der Waals surface area contributed by atoms with Crippen LogP contribution in [0.5, 0.6) is 0 Å². The summed E-state index contributed by atoms with van der Waals surface area (Å²) in [5.41, 5.74) is 7.15. The van der Waals surface area contributed by atoms with Crippen molar-refractivity contribution >= 4 is 5.91 Å². The molecule has 5 heteroatoms. The van der Waals surface area contributed by atoms with Crippen molar-refractivity contribution in [2.75, 3.05) is 13.1 Å². The van der Waals surface area contributed by atoms with Crippen molar-refractivity contribution in [2.24, 2.45) is 5.73 Å². The van der Waals surface area contributed by atoms with Crippen LogP contribution in [0.4, 0.5) is 0 Å². The van der Waals surface area contributed by atoms with E-state index in [4.69, 9.17) is 5.73 Å². The highest BCUT2D eigenvalue weighted by atomic mass is 16.2. The van der Waals surface area contributed by atoms with Crippen LogP contribution in [0.15, 0.2) is 42.6 Å². The van der Waals surface area contributed by atoms with E-state index in [0.29, 0.717) is 12.2 Å². The number of para-hydroxylation sites is 1. The Morgan fingerprint density at radius 3 is 2.85 bits per heavy atom. The van der Waals surface area contributed by atoms with Gasteiger partial charge in [-0.2, -0.15) is 5.10 Å². The van der Waals surface area contributed by atoms with Crippen LogP contribution < -0.4 is 5.73 Å². The summed E-state index contributed by atoms with van der Waals surface area (Å²) in [4.78, 5) is 14.3. The summed E-state index contributed by atoms with van der Waals surface area (Å²) in [5, 5.41) is 4.38. The number of amides is 1. The zero-order valence-corrected chi connectivity index (χ0v) is 11.3. The van der Waals surface area contributed by atoms with Crippen LogP contribution in [0.2, 0.25) is 0 Å². The van der Waals surface area contributed by atoms with Gasteiger partial charge in [-0.05, 0) is 31.0 Å². The van der Waals surface area contributed by atoms with E-state index in [1.807, 2.05) is 41.4 Å². The first kappa shape index (κ1) is 12.9. The molecular weight excluding hydrogens is 252 g/mol. The van der Waals surface area contributed by atoms with Crippen molar-refractivity contribution in [3.63, 3.8) is 0 Å². The first-order valence-corrected chi connectivity index (χ1v) is 6.92. The summed E-state index contributed by atoms with van der Waals surface area (Å²) in [5.74, 6) is -0.0207. The standard InChI is InChI=1S/C15H18N4O/c16-11-13-7-4-9-18(13)15(20)14-8-10-19(17-14)12-5-2-1-3-6-12/h1-3,5-6,8,10,13H,4,7,9,11,16H2. The maximum absolute atomic E-state index is 12.5. The number of likely N-dealkylation sites (tertiary alicyclic amines) is 1. The highest BCUT2D eigenvalue weighted by Crippen LogP contribution is 2.19. The third-order valence-corrected chi connectivity index (χ3v) is 3.74. The van der Waals surface area contributed by atoms with Gasteiger partial charge in [-0.3, -0.25) is 4.79 Å². The van der Waals surface area contributed by atoms with Gasteiger partial charge in [0.15, 0.2) is 5.69 Å². The number of aromatic nitrogens is 2. The van der Waals surface area contributed by atoms with E-state index in [-0.39, 0.29) is 11.9 Å². The first-order valence-electron chi connectivity index (χ1n) is 6.92. The molecule has 1 aliphatic heterocycles. The van der Waals surface area contributed by atoms with Crippen molar-refractivity contribution in [2.45, 2.75) is 18.9 Å². The second-order valence-corrected chi connectivity index (χ2v) is 5.01. The minimum Gasteiger partial charge on any atom is -0.333 e. The van der Waals surface area contributed by atoms with E-state index in [2.05, 4.69) is 5.10 Å². The Morgan fingerprint density at radius 2 is 2.10 bits per heavy atom. The Hall–Kier alpha value is -2.14. The van der Waals surface area contributed by atoms with Crippen LogP contribution in [-0.2, 0) is 0 Å². The van der Waals surface area contributed by atoms with E-state index in [1.54, 1.807) is 10.7 Å². The normalized spacial score (nSPS) is 18.4. The summed E-state index contributed by atoms with van der Waals surface area (Å²) in [6, 6.07) is 11.7. The molecule has 1 aromatic heterocycles. The largest absolute Gasteiger partial charge is 0.333 e. The topological polar surface area (TPSA) is 64.2 Å². The summed E-state index contributed by atoms with van der Waals surface area (Å²) in [7, 11) is 0. The Morgan fingerprint density at radius 1 is 1.30 bits per heavy atom. The van der Waals surface area contributed by atoms with Crippen molar-refractivity contribution in [1.29, 1.82) is 0 Å². The second kappa shape index (κ2) is 5.46. The van der Waals surface area contributed by atoms with Crippen molar-refractivity contribution in [3.05, 3.63) is 48.3 Å². The van der Waals surface area contributed by atoms with Crippen LogP contribution in [0, 0.1) is 0 Å². The van der Waals surface area contributed by atoms with E-state index in [1.165, 1.54) is 0 Å². The van der Waals surface area contributed by atoms with Gasteiger partial charge in [0, 0.05) is 25.3 Å². The second-order valence-electron chi connectivity index (χ2n) is 5.01. The minimum atomic E-state index is -0.0207. The molecule has 2 aromatic rings. The van der Waals surface area contributed by atoms with Crippen LogP contribution in [0.3, 0.4) is 0 Å². The Kier molecular flexibility index (Phi) is 3.52. The average molecular weight is 270 g/mol. The number of nitrogens with two attached hydrogens (primary N) is 1. The third kappa shape index (κ3) is 2.32. The molecule has 20 heavy (non-hydrogen) atoms. The summed E-state index contributed by atoms with van der Waals surface area (Å²) in [6.07, 6.45) is 3.82. The van der Waals surface area contributed by atoms with Crippen molar-refractivity contribution in [3.8, 4) is 5.69 Å². The highest BCUT2D eigenvalue weighted by molar-refractivity contribution is 5.92. The predicted molar refractivity (Wildman–Crippen MR) is 76.7 cm³/mol. The molecule has 1 unspecified atom stereocenters. The molecule has 2 N–H and O–H groups in total. The molecule has 2 heterocycles. The van der Waals surface area contributed by atoms with Gasteiger partial charge >= 0.3 is 0 Å². The van der Waals surface area contributed by atoms with Gasteiger partial charge in [0.2, 0.25) is 0 Å². The van der Waals surface area contributed by atoms with Crippen LogP contribution in [0.1, 0.15) is 23.3 Å². The zero-order chi connectivity index (χ0) is 13.9. The molecule has 1 aliphatic rings. The number of hydrogen-bond acceptors (Lipinski definition) is 3. The first-order chi connectivity index (χ1) is 9.79. The van der Waals surface area contributed by atoms with E-state index < -0.39 is 0 Å². The fourth-order valence-corrected chi connectivity index (χ4v) is 2.66. The monoisotopic (exact) mass is 270 g/mol. The molecule has 1 aromatic carbocycles. The van der Waals surface area contributed by atoms with E-state index >= 15 is 0 Å². The zero-order valence-electron chi connectivity index (χ0n) is 11.3. The number of hydrogen-bond donors (Lipinski definition) is 1. The molecule has 0 aliphatic carbocycles. The summed E-state index contributed by atoms with van der Waals surface area (Å²) >= 11 is 0. The Bertz CT molecular complexity index is 593. The summed E-state index contributed by atoms with van der Waals surface area (Å²) in [6.45, 7) is 1.30. The fraction of sp³-hybridized carbons (Fsp3) is 0.333. The molecule has 1 saturated heterocycles. The van der Waals surface area contributed by atoms with E-state index in [0.717, 1.165) is 25.1 Å². The number of carbonyl (C=O) groups excluding carboxylic acids is 1. The van der Waals surface area contributed by atoms with Gasteiger partial charge in [0.05, 0.1) is 5.69 Å². The van der Waals surface area contributed by atoms with Gasteiger partial charge in [-0.1, -0.05) is 18.2 Å². The van der Waals surface area contributed by atoms with Crippen molar-refractivity contribution < 1.29 is 4.79 Å². The van der Waals surface area contributed by atoms with Gasteiger partial charge in [-0.25, -0.2) is 4.68 Å². The lowest BCUT2D eigenvalue weighted by atomic mass is 10.2. The predicted octanol–water partition coefficient (Wildman–Crippen LogP) is 1.44. The molecule has 104 valence electrons. The van der Waals surface area contributed by atoms with Crippen molar-refractivity contribution in [1.82, 2.24) is 14.7 Å². The van der Waals surface area contributed by atoms with Gasteiger partial charge < -0.3 is 10.6 Å². The molecule has 3 rings (SSSR count). The molecule has 0 spiro atoms. The minimum absolute atomic E-state index is 0.0207. The summed E-state index contributed by atoms with van der Waals surface area (Å²) < 4.78 is 1.72. The molecule has 0 radical (unpaired) electrons. The smallest absolute Gasteiger partial charge is 0.274 e. The van der Waals surface area contributed by atoms with Gasteiger partial charge in [-0.15, -0.1) is 0 Å². The average Bonchev–Trinajstić information content (AvgIpc) is 3.16. The lowest BCUT2D eigenvalue weighted by Gasteiger charge is -2.22. The quantitative estimate of drug-likeness (QED) is 0.917. The number of benzene rings is 1. The SMILES string of the molecule is NCC1CCCN1C(=O)c1ccn(-c2ccccc2)n1. The van der Waals surface area contributed by atoms with E-state index in [9.17, 15) is 4.79 Å². The molecule has 1 fully saturated rings. The molecule has 1 amide bonds. The lowest BCUT2D eigenvalue weighted by Crippen LogP contribution is -2.40. The Balaban J connectivity index is 1.82. The van der Waals surface area contributed by atoms with Gasteiger partial charge in [0.1, 0.15) is 0 Å². The molecular formula is C15H18N4O. The number of nitrogens with zero attached hydrogens (tertiary/aromatic N) is 3. The Labute approximate surface area is 118 Å². The van der Waals surface area contributed by atoms with Crippen LogP contribution in [-0.4, -0.2) is 39.7 Å².